The van der Waals surface area contributed by atoms with Crippen LogP contribution in [-0.2, 0) is 4.74 Å². The Kier molecular flexibility index (Phi) is 4.77. The normalized spacial score (nSPS) is 30.4. The van der Waals surface area contributed by atoms with Crippen molar-refractivity contribution in [1.82, 2.24) is 10.2 Å². The third-order valence-corrected chi connectivity index (χ3v) is 3.00. The van der Waals surface area contributed by atoms with Gasteiger partial charge in [-0.2, -0.15) is 0 Å². The van der Waals surface area contributed by atoms with Gasteiger partial charge >= 0.3 is 0 Å². The highest BCUT2D eigenvalue weighted by molar-refractivity contribution is 4.81. The van der Waals surface area contributed by atoms with E-state index in [9.17, 15) is 0 Å². The molecule has 3 heteroatoms. The highest BCUT2D eigenvalue weighted by Crippen LogP contribution is 2.13. The third-order valence-electron chi connectivity index (χ3n) is 3.00. The first kappa shape index (κ1) is 13.9. The van der Waals surface area contributed by atoms with Gasteiger partial charge in [0.15, 0.2) is 0 Å². The fourth-order valence-electron chi connectivity index (χ4n) is 2.16. The van der Waals surface area contributed by atoms with Crippen LogP contribution in [0.5, 0.6) is 0 Å². The maximum absolute atomic E-state index is 5.75. The summed E-state index contributed by atoms with van der Waals surface area (Å²) >= 11 is 0. The third kappa shape index (κ3) is 4.81. The average molecular weight is 228 g/mol. The molecule has 0 spiro atoms. The summed E-state index contributed by atoms with van der Waals surface area (Å²) in [7, 11) is 0. The zero-order valence-corrected chi connectivity index (χ0v) is 11.7. The van der Waals surface area contributed by atoms with E-state index in [-0.39, 0.29) is 5.54 Å². The summed E-state index contributed by atoms with van der Waals surface area (Å²) in [6.07, 6.45) is 0.724. The van der Waals surface area contributed by atoms with E-state index in [2.05, 4.69) is 51.8 Å². The molecule has 0 aromatic rings. The van der Waals surface area contributed by atoms with Crippen LogP contribution in [0.25, 0.3) is 0 Å². The van der Waals surface area contributed by atoms with E-state index in [1.54, 1.807) is 0 Å². The van der Waals surface area contributed by atoms with Crippen molar-refractivity contribution in [3.8, 4) is 0 Å². The van der Waals surface area contributed by atoms with Crippen LogP contribution in [-0.4, -0.2) is 48.3 Å². The maximum Gasteiger partial charge on any atom is 0.0678 e. The van der Waals surface area contributed by atoms with E-state index in [0.29, 0.717) is 18.2 Å². The minimum atomic E-state index is 0.206. The number of nitrogens with one attached hydrogen (secondary N) is 1. The van der Waals surface area contributed by atoms with Gasteiger partial charge in [-0.1, -0.05) is 0 Å². The lowest BCUT2D eigenvalue weighted by molar-refractivity contribution is -0.0784. The second-order valence-electron chi connectivity index (χ2n) is 6.19. The lowest BCUT2D eigenvalue weighted by Gasteiger charge is -2.39. The first-order valence-corrected chi connectivity index (χ1v) is 6.42. The predicted molar refractivity (Wildman–Crippen MR) is 68.8 cm³/mol. The zero-order valence-electron chi connectivity index (χ0n) is 11.7. The van der Waals surface area contributed by atoms with Crippen molar-refractivity contribution in [2.75, 3.05) is 19.6 Å². The molecule has 16 heavy (non-hydrogen) atoms. The van der Waals surface area contributed by atoms with Crippen LogP contribution in [0, 0.1) is 0 Å². The second-order valence-corrected chi connectivity index (χ2v) is 6.19. The first-order chi connectivity index (χ1) is 7.28. The number of hydrogen-bond acceptors (Lipinski definition) is 3. The van der Waals surface area contributed by atoms with Gasteiger partial charge in [0.25, 0.3) is 0 Å². The van der Waals surface area contributed by atoms with Gasteiger partial charge in [0.05, 0.1) is 12.2 Å². The SMILES string of the molecule is CC(CNC(C)(C)C)N1C[C@@H](C)O[C@@H](C)C1. The van der Waals surface area contributed by atoms with Crippen molar-refractivity contribution in [3.05, 3.63) is 0 Å². The smallest absolute Gasteiger partial charge is 0.0678 e. The van der Waals surface area contributed by atoms with Gasteiger partial charge in [-0.15, -0.1) is 0 Å². The summed E-state index contributed by atoms with van der Waals surface area (Å²) in [5.41, 5.74) is 0.206. The Morgan fingerprint density at radius 2 is 1.75 bits per heavy atom. The summed E-state index contributed by atoms with van der Waals surface area (Å²) in [6, 6.07) is 0.577. The van der Waals surface area contributed by atoms with Gasteiger partial charge in [-0.3, -0.25) is 4.90 Å². The number of morpholine rings is 1. The largest absolute Gasteiger partial charge is 0.373 e. The highest BCUT2D eigenvalue weighted by Gasteiger charge is 2.26. The molecule has 96 valence electrons. The van der Waals surface area contributed by atoms with Crippen molar-refractivity contribution in [1.29, 1.82) is 0 Å². The van der Waals surface area contributed by atoms with Crippen LogP contribution in [0.1, 0.15) is 41.5 Å². The molecule has 0 saturated carbocycles. The first-order valence-electron chi connectivity index (χ1n) is 6.42. The summed E-state index contributed by atoms with van der Waals surface area (Å²) in [5, 5.41) is 3.57. The van der Waals surface area contributed by atoms with Gasteiger partial charge < -0.3 is 10.1 Å². The molecule has 1 N–H and O–H groups in total. The van der Waals surface area contributed by atoms with E-state index < -0.39 is 0 Å². The Morgan fingerprint density at radius 3 is 2.19 bits per heavy atom. The van der Waals surface area contributed by atoms with Crippen molar-refractivity contribution in [2.45, 2.75) is 65.3 Å². The van der Waals surface area contributed by atoms with Crippen molar-refractivity contribution in [3.63, 3.8) is 0 Å². The van der Waals surface area contributed by atoms with Crippen molar-refractivity contribution < 1.29 is 4.74 Å². The molecular weight excluding hydrogens is 200 g/mol. The van der Waals surface area contributed by atoms with E-state index in [4.69, 9.17) is 4.74 Å². The Hall–Kier alpha value is -0.120. The van der Waals surface area contributed by atoms with Crippen LogP contribution < -0.4 is 5.32 Å². The molecule has 3 atom stereocenters. The fourth-order valence-corrected chi connectivity index (χ4v) is 2.16. The van der Waals surface area contributed by atoms with Gasteiger partial charge in [0.1, 0.15) is 0 Å². The molecule has 1 saturated heterocycles. The van der Waals surface area contributed by atoms with E-state index >= 15 is 0 Å². The Balaban J connectivity index is 2.38. The van der Waals surface area contributed by atoms with Gasteiger partial charge in [0.2, 0.25) is 0 Å². The minimum absolute atomic E-state index is 0.206. The summed E-state index contributed by atoms with van der Waals surface area (Å²) in [5.74, 6) is 0. The Morgan fingerprint density at radius 1 is 1.25 bits per heavy atom. The molecule has 0 bridgehead atoms. The lowest BCUT2D eigenvalue weighted by atomic mass is 10.1. The maximum atomic E-state index is 5.75. The second kappa shape index (κ2) is 5.48. The van der Waals surface area contributed by atoms with Crippen molar-refractivity contribution in [2.24, 2.45) is 0 Å². The van der Waals surface area contributed by atoms with Crippen LogP contribution in [0.4, 0.5) is 0 Å². The van der Waals surface area contributed by atoms with Gasteiger partial charge in [-0.05, 0) is 41.5 Å². The Bertz CT molecular complexity index is 202. The fraction of sp³-hybridized carbons (Fsp3) is 1.00. The Labute approximate surface area is 101 Å². The molecule has 0 amide bonds. The summed E-state index contributed by atoms with van der Waals surface area (Å²) in [6.45, 7) is 16.4. The zero-order chi connectivity index (χ0) is 12.3. The van der Waals surface area contributed by atoms with Crippen LogP contribution in [0.15, 0.2) is 0 Å². The molecule has 1 aliphatic heterocycles. The monoisotopic (exact) mass is 228 g/mol. The quantitative estimate of drug-likeness (QED) is 0.798. The van der Waals surface area contributed by atoms with E-state index in [0.717, 1.165) is 19.6 Å². The van der Waals surface area contributed by atoms with Crippen LogP contribution in [0.2, 0.25) is 0 Å². The predicted octanol–water partition coefficient (Wildman–Crippen LogP) is 1.87. The topological polar surface area (TPSA) is 24.5 Å². The van der Waals surface area contributed by atoms with Gasteiger partial charge in [-0.25, -0.2) is 0 Å². The number of rotatable bonds is 3. The van der Waals surface area contributed by atoms with Crippen LogP contribution >= 0.6 is 0 Å². The molecule has 1 unspecified atom stereocenters. The molecule has 1 heterocycles. The number of hydrogen-bond donors (Lipinski definition) is 1. The van der Waals surface area contributed by atoms with E-state index in [1.165, 1.54) is 0 Å². The van der Waals surface area contributed by atoms with Crippen LogP contribution in [0.3, 0.4) is 0 Å². The molecule has 1 rings (SSSR count). The molecule has 3 nitrogen and oxygen atoms in total. The standard InChI is InChI=1S/C13H28N2O/c1-10(7-14-13(4,5)6)15-8-11(2)16-12(3)9-15/h10-12,14H,7-9H2,1-6H3/t10?,11-,12+. The summed E-state index contributed by atoms with van der Waals surface area (Å²) < 4.78 is 5.75. The van der Waals surface area contributed by atoms with Crippen molar-refractivity contribution >= 4 is 0 Å². The molecular formula is C13H28N2O. The van der Waals surface area contributed by atoms with Gasteiger partial charge in [0, 0.05) is 31.2 Å². The molecule has 0 aromatic heterocycles. The average Bonchev–Trinajstić information content (AvgIpc) is 2.11. The number of nitrogens with zero attached hydrogens (tertiary/aromatic N) is 1. The highest BCUT2D eigenvalue weighted by atomic mass is 16.5. The molecule has 0 aromatic carbocycles. The van der Waals surface area contributed by atoms with E-state index in [1.807, 2.05) is 0 Å². The molecule has 1 aliphatic rings. The molecule has 1 fully saturated rings. The molecule has 0 radical (unpaired) electrons. The summed E-state index contributed by atoms with van der Waals surface area (Å²) in [4.78, 5) is 2.53. The number of ether oxygens (including phenoxy) is 1. The lowest BCUT2D eigenvalue weighted by Crippen LogP contribution is -2.53. The molecule has 0 aliphatic carbocycles. The minimum Gasteiger partial charge on any atom is -0.373 e.